The van der Waals surface area contributed by atoms with E-state index in [0.29, 0.717) is 17.2 Å². The van der Waals surface area contributed by atoms with E-state index in [2.05, 4.69) is 10.3 Å². The third-order valence-corrected chi connectivity index (χ3v) is 5.11. The van der Waals surface area contributed by atoms with E-state index in [1.807, 2.05) is 55.5 Å². The SMILES string of the molecule is Cc1cccc(NC(=O)/C(C#N)=C/c2ccc(-c3nc4ccccc4s3)o2)c1. The third kappa shape index (κ3) is 3.70. The van der Waals surface area contributed by atoms with Gasteiger partial charge in [0.25, 0.3) is 5.91 Å². The Balaban J connectivity index is 1.57. The van der Waals surface area contributed by atoms with Gasteiger partial charge in [0.15, 0.2) is 10.8 Å². The highest BCUT2D eigenvalue weighted by Gasteiger charge is 2.13. The fourth-order valence-corrected chi connectivity index (χ4v) is 3.66. The van der Waals surface area contributed by atoms with Crippen molar-refractivity contribution in [3.8, 4) is 16.8 Å². The maximum absolute atomic E-state index is 12.4. The molecule has 4 aromatic rings. The Labute approximate surface area is 165 Å². The van der Waals surface area contributed by atoms with Crippen molar-refractivity contribution in [2.24, 2.45) is 0 Å². The molecule has 0 atom stereocenters. The summed E-state index contributed by atoms with van der Waals surface area (Å²) >= 11 is 1.53. The zero-order chi connectivity index (χ0) is 19.5. The number of amides is 1. The molecule has 0 aliphatic rings. The number of benzene rings is 2. The summed E-state index contributed by atoms with van der Waals surface area (Å²) in [5.74, 6) is 0.542. The van der Waals surface area contributed by atoms with Gasteiger partial charge in [-0.3, -0.25) is 4.79 Å². The van der Waals surface area contributed by atoms with Crippen molar-refractivity contribution in [1.82, 2.24) is 4.98 Å². The van der Waals surface area contributed by atoms with Gasteiger partial charge in [-0.15, -0.1) is 11.3 Å². The van der Waals surface area contributed by atoms with Crippen molar-refractivity contribution in [2.45, 2.75) is 6.92 Å². The van der Waals surface area contributed by atoms with Crippen LogP contribution in [0.15, 0.2) is 70.7 Å². The highest BCUT2D eigenvalue weighted by atomic mass is 32.1. The molecule has 28 heavy (non-hydrogen) atoms. The summed E-state index contributed by atoms with van der Waals surface area (Å²) in [6.45, 7) is 1.93. The van der Waals surface area contributed by atoms with Crippen LogP contribution in [-0.2, 0) is 4.79 Å². The van der Waals surface area contributed by atoms with Gasteiger partial charge in [0.05, 0.1) is 10.2 Å². The van der Waals surface area contributed by atoms with Crippen LogP contribution in [0.2, 0.25) is 0 Å². The largest absolute Gasteiger partial charge is 0.454 e. The zero-order valence-electron chi connectivity index (χ0n) is 15.0. The number of anilines is 1. The molecular weight excluding hydrogens is 370 g/mol. The highest BCUT2D eigenvalue weighted by Crippen LogP contribution is 2.31. The molecule has 0 unspecified atom stereocenters. The average molecular weight is 385 g/mol. The Kier molecular flexibility index (Phi) is 4.75. The Morgan fingerprint density at radius 1 is 1.18 bits per heavy atom. The minimum Gasteiger partial charge on any atom is -0.454 e. The number of rotatable bonds is 4. The average Bonchev–Trinajstić information content (AvgIpc) is 3.32. The topological polar surface area (TPSA) is 78.9 Å². The van der Waals surface area contributed by atoms with Gasteiger partial charge < -0.3 is 9.73 Å². The van der Waals surface area contributed by atoms with Crippen LogP contribution in [0.25, 0.3) is 27.1 Å². The molecule has 0 aliphatic heterocycles. The summed E-state index contributed by atoms with van der Waals surface area (Å²) in [6, 6.07) is 20.7. The first-order valence-corrected chi connectivity index (χ1v) is 9.39. The summed E-state index contributed by atoms with van der Waals surface area (Å²) in [4.78, 5) is 17.0. The van der Waals surface area contributed by atoms with Crippen LogP contribution >= 0.6 is 11.3 Å². The number of furan rings is 1. The lowest BCUT2D eigenvalue weighted by Gasteiger charge is -2.04. The molecule has 2 heterocycles. The summed E-state index contributed by atoms with van der Waals surface area (Å²) in [5.41, 5.74) is 2.53. The number of aromatic nitrogens is 1. The lowest BCUT2D eigenvalue weighted by molar-refractivity contribution is -0.112. The number of aryl methyl sites for hydroxylation is 1. The van der Waals surface area contributed by atoms with Crippen molar-refractivity contribution < 1.29 is 9.21 Å². The molecule has 6 heteroatoms. The molecule has 2 aromatic heterocycles. The van der Waals surface area contributed by atoms with Gasteiger partial charge in [-0.05, 0) is 48.9 Å². The number of nitrogens with zero attached hydrogens (tertiary/aromatic N) is 2. The van der Waals surface area contributed by atoms with Crippen molar-refractivity contribution in [1.29, 1.82) is 5.26 Å². The van der Waals surface area contributed by atoms with Crippen LogP contribution in [0.3, 0.4) is 0 Å². The lowest BCUT2D eigenvalue weighted by Crippen LogP contribution is -2.13. The van der Waals surface area contributed by atoms with Crippen LogP contribution in [0.4, 0.5) is 5.69 Å². The number of hydrogen-bond donors (Lipinski definition) is 1. The van der Waals surface area contributed by atoms with Gasteiger partial charge in [0.2, 0.25) is 0 Å². The number of carbonyl (C=O) groups is 1. The highest BCUT2D eigenvalue weighted by molar-refractivity contribution is 7.21. The van der Waals surface area contributed by atoms with Crippen LogP contribution in [0, 0.1) is 18.3 Å². The predicted octanol–water partition coefficient (Wildman–Crippen LogP) is 5.41. The predicted molar refractivity (Wildman–Crippen MR) is 111 cm³/mol. The van der Waals surface area contributed by atoms with Crippen LogP contribution in [0.5, 0.6) is 0 Å². The van der Waals surface area contributed by atoms with E-state index in [1.165, 1.54) is 17.4 Å². The van der Waals surface area contributed by atoms with E-state index in [-0.39, 0.29) is 5.57 Å². The number of hydrogen-bond acceptors (Lipinski definition) is 5. The van der Waals surface area contributed by atoms with Crippen molar-refractivity contribution in [2.75, 3.05) is 5.32 Å². The first-order valence-electron chi connectivity index (χ1n) is 8.58. The standard InChI is InChI=1S/C22H15N3O2S/c1-14-5-4-6-16(11-14)24-21(26)15(13-23)12-17-9-10-19(27-17)22-25-18-7-2-3-8-20(18)28-22/h2-12H,1H3,(H,24,26)/b15-12+. The molecule has 0 saturated carbocycles. The molecule has 0 radical (unpaired) electrons. The summed E-state index contributed by atoms with van der Waals surface area (Å²) in [5, 5.41) is 12.9. The first-order chi connectivity index (χ1) is 13.6. The molecule has 2 aromatic carbocycles. The molecule has 1 amide bonds. The van der Waals surface area contributed by atoms with Gasteiger partial charge in [0.1, 0.15) is 17.4 Å². The second kappa shape index (κ2) is 7.51. The van der Waals surface area contributed by atoms with E-state index < -0.39 is 5.91 Å². The Hall–Kier alpha value is -3.69. The van der Waals surface area contributed by atoms with Gasteiger partial charge in [-0.25, -0.2) is 4.98 Å². The van der Waals surface area contributed by atoms with Crippen LogP contribution in [0.1, 0.15) is 11.3 Å². The summed E-state index contributed by atoms with van der Waals surface area (Å²) < 4.78 is 6.86. The summed E-state index contributed by atoms with van der Waals surface area (Å²) in [6.07, 6.45) is 1.43. The molecule has 0 saturated heterocycles. The maximum atomic E-state index is 12.4. The molecule has 0 spiro atoms. The van der Waals surface area contributed by atoms with E-state index in [4.69, 9.17) is 4.42 Å². The molecular formula is C22H15N3O2S. The fourth-order valence-electron chi connectivity index (χ4n) is 2.74. The normalized spacial score (nSPS) is 11.4. The number of carbonyl (C=O) groups excluding carboxylic acids is 1. The van der Waals surface area contributed by atoms with Gasteiger partial charge in [0, 0.05) is 11.8 Å². The minimum absolute atomic E-state index is 0.0355. The smallest absolute Gasteiger partial charge is 0.266 e. The zero-order valence-corrected chi connectivity index (χ0v) is 15.8. The van der Waals surface area contributed by atoms with Gasteiger partial charge >= 0.3 is 0 Å². The number of nitriles is 1. The van der Waals surface area contributed by atoms with E-state index in [1.54, 1.807) is 18.2 Å². The number of thiazole rings is 1. The quantitative estimate of drug-likeness (QED) is 0.376. The Bertz CT molecular complexity index is 1210. The molecule has 0 fully saturated rings. The number of para-hydroxylation sites is 1. The van der Waals surface area contributed by atoms with Crippen molar-refractivity contribution in [3.05, 3.63) is 77.6 Å². The second-order valence-electron chi connectivity index (χ2n) is 6.18. The van der Waals surface area contributed by atoms with Crippen LogP contribution < -0.4 is 5.32 Å². The minimum atomic E-state index is -0.481. The van der Waals surface area contributed by atoms with E-state index >= 15 is 0 Å². The monoisotopic (exact) mass is 385 g/mol. The summed E-state index contributed by atoms with van der Waals surface area (Å²) in [7, 11) is 0. The van der Waals surface area contributed by atoms with E-state index in [9.17, 15) is 10.1 Å². The molecule has 0 bridgehead atoms. The maximum Gasteiger partial charge on any atom is 0.266 e. The molecule has 0 aliphatic carbocycles. The molecule has 4 rings (SSSR count). The molecule has 5 nitrogen and oxygen atoms in total. The molecule has 1 N–H and O–H groups in total. The molecule has 136 valence electrons. The van der Waals surface area contributed by atoms with Crippen LogP contribution in [-0.4, -0.2) is 10.9 Å². The Morgan fingerprint density at radius 2 is 2.04 bits per heavy atom. The van der Waals surface area contributed by atoms with Crippen molar-refractivity contribution >= 4 is 39.2 Å². The lowest BCUT2D eigenvalue weighted by atomic mass is 10.2. The van der Waals surface area contributed by atoms with Gasteiger partial charge in [-0.1, -0.05) is 24.3 Å². The Morgan fingerprint density at radius 3 is 2.82 bits per heavy atom. The first kappa shape index (κ1) is 17.7. The number of fused-ring (bicyclic) bond motifs is 1. The van der Waals surface area contributed by atoms with Gasteiger partial charge in [-0.2, -0.15) is 5.26 Å². The third-order valence-electron chi connectivity index (χ3n) is 4.06. The number of nitrogens with one attached hydrogen (secondary N) is 1. The van der Waals surface area contributed by atoms with Crippen molar-refractivity contribution in [3.63, 3.8) is 0 Å². The van der Waals surface area contributed by atoms with E-state index in [0.717, 1.165) is 20.8 Å². The second-order valence-corrected chi connectivity index (χ2v) is 7.21. The fraction of sp³-hybridized carbons (Fsp3) is 0.0455.